The number of amides is 2. The van der Waals surface area contributed by atoms with E-state index >= 15 is 0 Å². The number of nitrogens with zero attached hydrogens (tertiary/aromatic N) is 1. The van der Waals surface area contributed by atoms with E-state index in [1.54, 1.807) is 18.2 Å². The number of halogens is 3. The van der Waals surface area contributed by atoms with E-state index in [-0.39, 0.29) is 11.5 Å². The molecule has 0 fully saturated rings. The van der Waals surface area contributed by atoms with E-state index in [9.17, 15) is 14.0 Å². The lowest BCUT2D eigenvalue weighted by Crippen LogP contribution is -2.23. The highest BCUT2D eigenvalue weighted by atomic mass is 35.5. The molecule has 0 aliphatic heterocycles. The number of nitrogens with two attached hydrogens (primary N) is 1. The summed E-state index contributed by atoms with van der Waals surface area (Å²) in [7, 11) is 0. The highest BCUT2D eigenvalue weighted by Gasteiger charge is 2.12. The Morgan fingerprint density at radius 1 is 1.16 bits per heavy atom. The lowest BCUT2D eigenvalue weighted by molar-refractivity contribution is 0.262. The van der Waals surface area contributed by atoms with Crippen molar-refractivity contribution in [1.29, 1.82) is 0 Å². The molecule has 168 valence electrons. The number of rotatable bonds is 8. The van der Waals surface area contributed by atoms with Gasteiger partial charge in [0.1, 0.15) is 5.82 Å². The van der Waals surface area contributed by atoms with Gasteiger partial charge in [-0.15, -0.1) is 0 Å². The summed E-state index contributed by atoms with van der Waals surface area (Å²) in [6.07, 6.45) is 2.06. The molecule has 0 atom stereocenters. The molecule has 0 spiro atoms. The van der Waals surface area contributed by atoms with Crippen LogP contribution in [0.15, 0.2) is 47.4 Å². The summed E-state index contributed by atoms with van der Waals surface area (Å²) in [4.78, 5) is 31.1. The molecule has 32 heavy (non-hydrogen) atoms. The van der Waals surface area contributed by atoms with Crippen LogP contribution in [0.25, 0.3) is 11.1 Å². The molecule has 11 heteroatoms. The number of urea groups is 1. The fraction of sp³-hybridized carbons (Fsp3) is 0.190. The maximum absolute atomic E-state index is 14.4. The molecule has 3 rings (SSSR count). The topological polar surface area (TPSA) is 125 Å². The highest BCUT2D eigenvalue weighted by Crippen LogP contribution is 2.25. The van der Waals surface area contributed by atoms with E-state index in [4.69, 9.17) is 28.9 Å². The minimum Gasteiger partial charge on any atom is -0.330 e. The average molecular weight is 479 g/mol. The number of anilines is 2. The number of hydrogen-bond donors (Lipinski definition) is 5. The Kier molecular flexibility index (Phi) is 8.18. The molecule has 0 unspecified atom stereocenters. The van der Waals surface area contributed by atoms with Gasteiger partial charge in [-0.25, -0.2) is 14.2 Å². The molecule has 0 bridgehead atoms. The largest absolute Gasteiger partial charge is 0.330 e. The Bertz CT molecular complexity index is 1170. The Morgan fingerprint density at radius 2 is 1.97 bits per heavy atom. The van der Waals surface area contributed by atoms with Gasteiger partial charge in [-0.3, -0.25) is 15.1 Å². The first kappa shape index (κ1) is 23.7. The molecule has 0 radical (unpaired) electrons. The first-order valence-corrected chi connectivity index (χ1v) is 10.4. The lowest BCUT2D eigenvalue weighted by atomic mass is 10.1. The van der Waals surface area contributed by atoms with Crippen molar-refractivity contribution >= 4 is 40.9 Å². The van der Waals surface area contributed by atoms with Crippen molar-refractivity contribution in [3.63, 3.8) is 0 Å². The van der Waals surface area contributed by atoms with Gasteiger partial charge in [0.05, 0.1) is 16.3 Å². The van der Waals surface area contributed by atoms with Crippen molar-refractivity contribution in [3.8, 4) is 11.1 Å². The first-order valence-electron chi connectivity index (χ1n) is 9.69. The predicted octanol–water partition coefficient (Wildman–Crippen LogP) is 3.97. The first-order chi connectivity index (χ1) is 15.4. The van der Waals surface area contributed by atoms with Gasteiger partial charge in [-0.2, -0.15) is 0 Å². The van der Waals surface area contributed by atoms with Crippen molar-refractivity contribution in [2.24, 2.45) is 5.73 Å². The van der Waals surface area contributed by atoms with Crippen molar-refractivity contribution in [2.45, 2.75) is 13.0 Å². The van der Waals surface area contributed by atoms with Gasteiger partial charge in [-0.1, -0.05) is 35.3 Å². The predicted molar refractivity (Wildman–Crippen MR) is 125 cm³/mol. The zero-order valence-electron chi connectivity index (χ0n) is 16.8. The Labute approximate surface area is 193 Å². The molecule has 0 saturated carbocycles. The Balaban J connectivity index is 1.68. The van der Waals surface area contributed by atoms with Crippen molar-refractivity contribution in [3.05, 3.63) is 74.4 Å². The smallest absolute Gasteiger partial charge is 0.326 e. The number of aromatic nitrogens is 2. The molecule has 2 aromatic carbocycles. The summed E-state index contributed by atoms with van der Waals surface area (Å²) >= 11 is 11.9. The second-order valence-electron chi connectivity index (χ2n) is 6.80. The number of hydrogen-bond acceptors (Lipinski definition) is 5. The Morgan fingerprint density at radius 3 is 2.69 bits per heavy atom. The summed E-state index contributed by atoms with van der Waals surface area (Å²) in [6, 6.07) is 8.43. The molecule has 2 amide bonds. The number of benzene rings is 2. The summed E-state index contributed by atoms with van der Waals surface area (Å²) in [5.74, 6) is -0.530. The van der Waals surface area contributed by atoms with E-state index < -0.39 is 17.4 Å². The summed E-state index contributed by atoms with van der Waals surface area (Å²) in [5.41, 5.74) is 6.19. The van der Waals surface area contributed by atoms with E-state index in [1.807, 2.05) is 0 Å². The van der Waals surface area contributed by atoms with Crippen LogP contribution >= 0.6 is 23.2 Å². The van der Waals surface area contributed by atoms with Gasteiger partial charge in [0.2, 0.25) is 5.95 Å². The number of carbonyl (C=O) groups is 1. The minimum atomic E-state index is -0.678. The van der Waals surface area contributed by atoms with Crippen LogP contribution in [-0.4, -0.2) is 29.1 Å². The van der Waals surface area contributed by atoms with E-state index in [2.05, 4.69) is 25.9 Å². The van der Waals surface area contributed by atoms with Crippen molar-refractivity contribution in [2.75, 3.05) is 23.7 Å². The lowest BCUT2D eigenvalue weighted by Gasteiger charge is -2.10. The van der Waals surface area contributed by atoms with Crippen LogP contribution in [0.5, 0.6) is 0 Å². The summed E-state index contributed by atoms with van der Waals surface area (Å²) in [5, 5.41) is 8.70. The third kappa shape index (κ3) is 6.27. The average Bonchev–Trinajstić information content (AvgIpc) is 2.75. The quantitative estimate of drug-likeness (QED) is 0.313. The fourth-order valence-electron chi connectivity index (χ4n) is 2.83. The van der Waals surface area contributed by atoms with Gasteiger partial charge in [0.15, 0.2) is 0 Å². The van der Waals surface area contributed by atoms with Crippen LogP contribution in [0.2, 0.25) is 10.0 Å². The van der Waals surface area contributed by atoms with Gasteiger partial charge in [-0.05, 0) is 49.3 Å². The number of H-pyrrole nitrogens is 1. The van der Waals surface area contributed by atoms with Gasteiger partial charge in [0, 0.05) is 23.3 Å². The van der Waals surface area contributed by atoms with E-state index in [0.717, 1.165) is 6.42 Å². The normalized spacial score (nSPS) is 10.8. The maximum atomic E-state index is 14.4. The molecule has 8 nitrogen and oxygen atoms in total. The molecule has 0 aliphatic carbocycles. The maximum Gasteiger partial charge on any atom is 0.326 e. The van der Waals surface area contributed by atoms with Gasteiger partial charge >= 0.3 is 6.03 Å². The van der Waals surface area contributed by atoms with E-state index in [0.29, 0.717) is 46.5 Å². The zero-order valence-corrected chi connectivity index (χ0v) is 18.4. The van der Waals surface area contributed by atoms with Crippen LogP contribution in [-0.2, 0) is 6.54 Å². The second kappa shape index (κ2) is 11.1. The highest BCUT2D eigenvalue weighted by molar-refractivity contribution is 6.35. The molecule has 3 aromatic rings. The van der Waals surface area contributed by atoms with Crippen molar-refractivity contribution in [1.82, 2.24) is 15.3 Å². The van der Waals surface area contributed by atoms with Crippen LogP contribution in [0.1, 0.15) is 12.0 Å². The van der Waals surface area contributed by atoms with Crippen LogP contribution in [0, 0.1) is 5.82 Å². The third-order valence-electron chi connectivity index (χ3n) is 4.45. The molecular weight excluding hydrogens is 458 g/mol. The molecule has 6 N–H and O–H groups in total. The SMILES string of the molecule is NCCCNCc1ccc(-c2cnc(NC(=O)Nc3cc(Cl)ccc3Cl)[nH]c2=O)cc1F. The Hall–Kier alpha value is -2.98. The number of nitrogens with one attached hydrogen (secondary N) is 4. The molecule has 0 aliphatic rings. The molecule has 0 saturated heterocycles. The fourth-order valence-corrected chi connectivity index (χ4v) is 3.16. The molecular formula is C21H21Cl2FN6O2. The summed E-state index contributed by atoms with van der Waals surface area (Å²) in [6.45, 7) is 1.60. The van der Waals surface area contributed by atoms with Crippen LogP contribution in [0.3, 0.4) is 0 Å². The summed E-state index contributed by atoms with van der Waals surface area (Å²) < 4.78 is 14.4. The monoisotopic (exact) mass is 478 g/mol. The van der Waals surface area contributed by atoms with Crippen molar-refractivity contribution < 1.29 is 9.18 Å². The number of aromatic amines is 1. The van der Waals surface area contributed by atoms with E-state index in [1.165, 1.54) is 24.4 Å². The van der Waals surface area contributed by atoms with Gasteiger partial charge < -0.3 is 16.4 Å². The number of carbonyl (C=O) groups excluding carboxylic acids is 1. The van der Waals surface area contributed by atoms with Gasteiger partial charge in [0.25, 0.3) is 5.56 Å². The minimum absolute atomic E-state index is 0.0874. The molecule has 1 heterocycles. The molecule has 1 aromatic heterocycles. The van der Waals surface area contributed by atoms with Crippen LogP contribution < -0.4 is 27.2 Å². The second-order valence-corrected chi connectivity index (χ2v) is 7.65. The van der Waals surface area contributed by atoms with Crippen LogP contribution in [0.4, 0.5) is 20.8 Å². The third-order valence-corrected chi connectivity index (χ3v) is 5.01. The zero-order chi connectivity index (χ0) is 23.1. The standard InChI is InChI=1S/C21H21Cl2FN6O2/c22-14-4-5-16(23)18(9-14)28-21(32)30-20-27-11-15(19(31)29-20)12-2-3-13(17(24)8-12)10-26-7-1-6-25/h2-5,8-9,11,26H,1,6-7,10,25H2,(H3,27,28,29,30,31,32).